The predicted molar refractivity (Wildman–Crippen MR) is 96.2 cm³/mol. The number of carbonyl (C=O) groups is 1. The number of nitrogens with one attached hydrogen (secondary N) is 1. The number of hydrogen-bond donors (Lipinski definition) is 1. The zero-order chi connectivity index (χ0) is 17.1. The molecule has 1 amide bonds. The Morgan fingerprint density at radius 1 is 0.958 bits per heavy atom. The lowest BCUT2D eigenvalue weighted by molar-refractivity contribution is 0.102. The van der Waals surface area contributed by atoms with Gasteiger partial charge in [-0.2, -0.15) is 0 Å². The van der Waals surface area contributed by atoms with E-state index in [0.717, 1.165) is 17.1 Å². The van der Waals surface area contributed by atoms with E-state index in [1.165, 1.54) is 0 Å². The van der Waals surface area contributed by atoms with Gasteiger partial charge in [0.05, 0.1) is 7.11 Å². The summed E-state index contributed by atoms with van der Waals surface area (Å²) in [4.78, 5) is 12.5. The van der Waals surface area contributed by atoms with E-state index in [-0.39, 0.29) is 5.91 Å². The maximum atomic E-state index is 12.5. The van der Waals surface area contributed by atoms with Crippen LogP contribution >= 0.6 is 0 Å². The van der Waals surface area contributed by atoms with Crippen LogP contribution in [0.15, 0.2) is 60.7 Å². The van der Waals surface area contributed by atoms with Crippen LogP contribution in [-0.4, -0.2) is 17.6 Å². The molecule has 0 spiro atoms. The summed E-state index contributed by atoms with van der Waals surface area (Å²) in [6.07, 6.45) is 0. The molecule has 0 saturated heterocycles. The van der Waals surface area contributed by atoms with Gasteiger partial charge in [0.1, 0.15) is 5.75 Å². The Kier molecular flexibility index (Phi) is 4.38. The predicted octanol–water partition coefficient (Wildman–Crippen LogP) is 4.36. The third-order valence-electron chi connectivity index (χ3n) is 3.97. The summed E-state index contributed by atoms with van der Waals surface area (Å²) < 4.78 is 7.31. The average molecular weight is 320 g/mol. The minimum Gasteiger partial charge on any atom is -0.497 e. The molecule has 0 fully saturated rings. The highest BCUT2D eigenvalue weighted by molar-refractivity contribution is 6.04. The van der Waals surface area contributed by atoms with Crippen molar-refractivity contribution >= 4 is 11.6 Å². The van der Waals surface area contributed by atoms with E-state index in [1.54, 1.807) is 13.2 Å². The van der Waals surface area contributed by atoms with Crippen LogP contribution < -0.4 is 10.1 Å². The van der Waals surface area contributed by atoms with Crippen molar-refractivity contribution in [1.82, 2.24) is 4.57 Å². The summed E-state index contributed by atoms with van der Waals surface area (Å²) in [5.74, 6) is 0.563. The van der Waals surface area contributed by atoms with Crippen molar-refractivity contribution < 1.29 is 9.53 Å². The van der Waals surface area contributed by atoms with Crippen molar-refractivity contribution in [2.75, 3.05) is 12.4 Å². The fourth-order valence-corrected chi connectivity index (χ4v) is 2.77. The number of rotatable bonds is 4. The number of carbonyl (C=O) groups excluding carboxylic acids is 1. The van der Waals surface area contributed by atoms with E-state index < -0.39 is 0 Å². The lowest BCUT2D eigenvalue weighted by Gasteiger charge is -2.12. The molecule has 24 heavy (non-hydrogen) atoms. The smallest absolute Gasteiger partial charge is 0.255 e. The van der Waals surface area contributed by atoms with E-state index in [0.29, 0.717) is 17.0 Å². The second-order valence-corrected chi connectivity index (χ2v) is 5.69. The Morgan fingerprint density at radius 2 is 1.67 bits per heavy atom. The largest absolute Gasteiger partial charge is 0.497 e. The van der Waals surface area contributed by atoms with Gasteiger partial charge in [0, 0.05) is 34.4 Å². The van der Waals surface area contributed by atoms with Gasteiger partial charge < -0.3 is 14.6 Å². The van der Waals surface area contributed by atoms with Gasteiger partial charge in [-0.3, -0.25) is 4.79 Å². The van der Waals surface area contributed by atoms with Crippen molar-refractivity contribution in [1.29, 1.82) is 0 Å². The fourth-order valence-electron chi connectivity index (χ4n) is 2.77. The van der Waals surface area contributed by atoms with Crippen LogP contribution in [0.25, 0.3) is 5.69 Å². The Balaban J connectivity index is 1.87. The van der Waals surface area contributed by atoms with E-state index in [9.17, 15) is 4.79 Å². The number of anilines is 1. The van der Waals surface area contributed by atoms with Crippen molar-refractivity contribution in [3.63, 3.8) is 0 Å². The summed E-state index contributed by atoms with van der Waals surface area (Å²) in [5.41, 5.74) is 4.57. The molecule has 0 aliphatic heterocycles. The monoisotopic (exact) mass is 320 g/mol. The highest BCUT2D eigenvalue weighted by Gasteiger charge is 2.10. The molecule has 3 rings (SSSR count). The second kappa shape index (κ2) is 6.62. The number of nitrogens with zero attached hydrogens (tertiary/aromatic N) is 1. The molecule has 0 radical (unpaired) electrons. The van der Waals surface area contributed by atoms with Crippen molar-refractivity contribution in [2.45, 2.75) is 13.8 Å². The van der Waals surface area contributed by atoms with Crippen LogP contribution in [0.4, 0.5) is 5.69 Å². The van der Waals surface area contributed by atoms with E-state index in [2.05, 4.69) is 35.9 Å². The number of aromatic nitrogens is 1. The first-order valence-corrected chi connectivity index (χ1v) is 7.79. The number of hydrogen-bond acceptors (Lipinski definition) is 2. The van der Waals surface area contributed by atoms with Gasteiger partial charge in [0.2, 0.25) is 0 Å². The Bertz CT molecular complexity index is 861. The molecule has 1 heterocycles. The molecule has 0 bridgehead atoms. The minimum atomic E-state index is -0.146. The molecular formula is C20H20N2O2. The highest BCUT2D eigenvalue weighted by atomic mass is 16.5. The Hall–Kier alpha value is -3.01. The molecule has 3 aromatic rings. The van der Waals surface area contributed by atoms with Gasteiger partial charge in [-0.25, -0.2) is 0 Å². The summed E-state index contributed by atoms with van der Waals surface area (Å²) in [7, 11) is 1.60. The van der Waals surface area contributed by atoms with Crippen LogP contribution in [0, 0.1) is 13.8 Å². The molecule has 1 aromatic heterocycles. The zero-order valence-corrected chi connectivity index (χ0v) is 14.0. The number of benzene rings is 2. The molecule has 0 atom stereocenters. The molecule has 0 aliphatic rings. The summed E-state index contributed by atoms with van der Waals surface area (Å²) in [5, 5.41) is 2.91. The highest BCUT2D eigenvalue weighted by Crippen LogP contribution is 2.20. The Labute approximate surface area is 141 Å². The van der Waals surface area contributed by atoms with Crippen LogP contribution in [0.2, 0.25) is 0 Å². The maximum absolute atomic E-state index is 12.5. The number of ether oxygens (including phenoxy) is 1. The molecule has 1 N–H and O–H groups in total. The average Bonchev–Trinajstić information content (AvgIpc) is 2.93. The van der Waals surface area contributed by atoms with Crippen LogP contribution in [-0.2, 0) is 0 Å². The van der Waals surface area contributed by atoms with Gasteiger partial charge in [0.15, 0.2) is 0 Å². The quantitative estimate of drug-likeness (QED) is 0.776. The maximum Gasteiger partial charge on any atom is 0.255 e. The summed E-state index contributed by atoms with van der Waals surface area (Å²) in [6.45, 7) is 4.10. The first-order valence-electron chi connectivity index (χ1n) is 7.79. The molecular weight excluding hydrogens is 300 g/mol. The van der Waals surface area contributed by atoms with Gasteiger partial charge in [0.25, 0.3) is 5.91 Å². The van der Waals surface area contributed by atoms with Gasteiger partial charge in [-0.1, -0.05) is 12.1 Å². The van der Waals surface area contributed by atoms with Gasteiger partial charge in [-0.05, 0) is 56.3 Å². The van der Waals surface area contributed by atoms with E-state index in [4.69, 9.17) is 4.74 Å². The lowest BCUT2D eigenvalue weighted by atomic mass is 10.1. The fraction of sp³-hybridized carbons (Fsp3) is 0.150. The van der Waals surface area contributed by atoms with E-state index >= 15 is 0 Å². The summed E-state index contributed by atoms with van der Waals surface area (Å²) >= 11 is 0. The van der Waals surface area contributed by atoms with Crippen LogP contribution in [0.5, 0.6) is 5.75 Å². The number of amides is 1. The lowest BCUT2D eigenvalue weighted by Crippen LogP contribution is -2.12. The molecule has 2 aromatic carbocycles. The van der Waals surface area contributed by atoms with Crippen molar-refractivity contribution in [3.8, 4) is 11.4 Å². The third kappa shape index (κ3) is 3.18. The van der Waals surface area contributed by atoms with Crippen molar-refractivity contribution in [2.24, 2.45) is 0 Å². The molecule has 4 heteroatoms. The first kappa shape index (κ1) is 15.9. The normalized spacial score (nSPS) is 10.5. The number of aryl methyl sites for hydroxylation is 2. The SMILES string of the molecule is COc1cccc(NC(=O)c2cccc(-n3c(C)ccc3C)c2)c1. The van der Waals surface area contributed by atoms with Crippen molar-refractivity contribution in [3.05, 3.63) is 77.6 Å². The standard InChI is InChI=1S/C20H20N2O2/c1-14-10-11-15(2)22(14)18-8-4-6-16(12-18)20(23)21-17-7-5-9-19(13-17)24-3/h4-13H,1-3H3,(H,21,23). The van der Waals surface area contributed by atoms with Gasteiger partial charge in [-0.15, -0.1) is 0 Å². The topological polar surface area (TPSA) is 43.3 Å². The molecule has 0 unspecified atom stereocenters. The molecule has 0 saturated carbocycles. The summed E-state index contributed by atoms with van der Waals surface area (Å²) in [6, 6.07) is 19.1. The van der Waals surface area contributed by atoms with E-state index in [1.807, 2.05) is 42.5 Å². The van der Waals surface area contributed by atoms with Crippen LogP contribution in [0.3, 0.4) is 0 Å². The third-order valence-corrected chi connectivity index (χ3v) is 3.97. The Morgan fingerprint density at radius 3 is 2.38 bits per heavy atom. The first-order chi connectivity index (χ1) is 11.6. The minimum absolute atomic E-state index is 0.146. The van der Waals surface area contributed by atoms with Gasteiger partial charge >= 0.3 is 0 Å². The zero-order valence-electron chi connectivity index (χ0n) is 14.0. The second-order valence-electron chi connectivity index (χ2n) is 5.69. The molecule has 0 aliphatic carbocycles. The van der Waals surface area contributed by atoms with Crippen LogP contribution in [0.1, 0.15) is 21.7 Å². The number of methoxy groups -OCH3 is 1. The molecule has 122 valence electrons. The molecule has 4 nitrogen and oxygen atoms in total.